The van der Waals surface area contributed by atoms with Crippen molar-refractivity contribution in [2.45, 2.75) is 19.1 Å². The van der Waals surface area contributed by atoms with E-state index in [0.717, 1.165) is 5.56 Å². The summed E-state index contributed by atoms with van der Waals surface area (Å²) in [6.45, 7) is 2.11. The van der Waals surface area contributed by atoms with Gasteiger partial charge in [-0.3, -0.25) is 4.79 Å². The number of hydrogen-bond donors (Lipinski definition) is 1. The van der Waals surface area contributed by atoms with Crippen molar-refractivity contribution in [1.82, 2.24) is 0 Å². The number of carbonyl (C=O) groups is 1. The van der Waals surface area contributed by atoms with Crippen molar-refractivity contribution in [3.05, 3.63) is 35.1 Å². The molecule has 0 heterocycles. The van der Waals surface area contributed by atoms with Crippen LogP contribution in [0.3, 0.4) is 0 Å². The van der Waals surface area contributed by atoms with Crippen LogP contribution in [-0.2, 0) is 15.3 Å². The van der Waals surface area contributed by atoms with Gasteiger partial charge < -0.3 is 9.84 Å². The third-order valence-electron chi connectivity index (χ3n) is 2.31. The highest BCUT2D eigenvalue weighted by Crippen LogP contribution is 2.17. The van der Waals surface area contributed by atoms with Crippen molar-refractivity contribution >= 4 is 17.7 Å². The molecule has 0 atom stereocenters. The van der Waals surface area contributed by atoms with Crippen LogP contribution in [0, 0.1) is 17.7 Å². The molecule has 0 radical (unpaired) electrons. The van der Waals surface area contributed by atoms with E-state index in [-0.39, 0.29) is 24.1 Å². The molecule has 1 rings (SSSR count). The maximum absolute atomic E-state index is 13.2. The standard InChI is InChI=1S/C15H17FO3S/c1-2-19-15(18)11-20-10-13-6-7-14(16)9-12(13)5-3-4-8-17/h6-7,9,17H,2,4,8,10-11H2,1H3. The predicted octanol–water partition coefficient (Wildman–Crippen LogP) is 2.36. The van der Waals surface area contributed by atoms with E-state index < -0.39 is 0 Å². The second-order valence-electron chi connectivity index (χ2n) is 3.87. The van der Waals surface area contributed by atoms with Gasteiger partial charge in [-0.15, -0.1) is 11.8 Å². The third kappa shape index (κ3) is 6.09. The van der Waals surface area contributed by atoms with E-state index in [2.05, 4.69) is 11.8 Å². The van der Waals surface area contributed by atoms with E-state index in [4.69, 9.17) is 9.84 Å². The smallest absolute Gasteiger partial charge is 0.315 e. The zero-order valence-corrected chi connectivity index (χ0v) is 12.1. The number of esters is 1. The molecule has 0 aliphatic heterocycles. The van der Waals surface area contributed by atoms with Gasteiger partial charge in [-0.25, -0.2) is 4.39 Å². The molecular formula is C15H17FO3S. The van der Waals surface area contributed by atoms with Gasteiger partial charge in [0.2, 0.25) is 0 Å². The number of halogens is 1. The van der Waals surface area contributed by atoms with Crippen LogP contribution < -0.4 is 0 Å². The highest BCUT2D eigenvalue weighted by molar-refractivity contribution is 7.99. The summed E-state index contributed by atoms with van der Waals surface area (Å²) in [4.78, 5) is 11.2. The van der Waals surface area contributed by atoms with E-state index in [1.807, 2.05) is 0 Å². The minimum absolute atomic E-state index is 0.0186. The molecule has 0 saturated heterocycles. The number of carbonyl (C=O) groups excluding carboxylic acids is 1. The SMILES string of the molecule is CCOC(=O)CSCc1ccc(F)cc1C#CCCO. The van der Waals surface area contributed by atoms with Crippen molar-refractivity contribution in [1.29, 1.82) is 0 Å². The molecular weight excluding hydrogens is 279 g/mol. The fourth-order valence-corrected chi connectivity index (χ4v) is 2.28. The van der Waals surface area contributed by atoms with E-state index >= 15 is 0 Å². The largest absolute Gasteiger partial charge is 0.465 e. The molecule has 5 heteroatoms. The number of ether oxygens (including phenoxy) is 1. The number of aliphatic hydroxyl groups is 1. The molecule has 1 aromatic rings. The quantitative estimate of drug-likeness (QED) is 0.646. The number of hydrogen-bond acceptors (Lipinski definition) is 4. The fraction of sp³-hybridized carbons (Fsp3) is 0.400. The molecule has 0 aliphatic rings. The molecule has 0 aromatic heterocycles. The summed E-state index contributed by atoms with van der Waals surface area (Å²) in [6.07, 6.45) is 0.353. The molecule has 0 amide bonds. The van der Waals surface area contributed by atoms with E-state index in [9.17, 15) is 9.18 Å². The first-order valence-electron chi connectivity index (χ1n) is 6.29. The van der Waals surface area contributed by atoms with Crippen molar-refractivity contribution in [2.24, 2.45) is 0 Å². The topological polar surface area (TPSA) is 46.5 Å². The maximum atomic E-state index is 13.2. The predicted molar refractivity (Wildman–Crippen MR) is 77.8 cm³/mol. The van der Waals surface area contributed by atoms with Crippen LogP contribution in [0.25, 0.3) is 0 Å². The molecule has 0 bridgehead atoms. The van der Waals surface area contributed by atoms with E-state index in [1.165, 1.54) is 23.9 Å². The van der Waals surface area contributed by atoms with E-state index in [0.29, 0.717) is 24.3 Å². The molecule has 0 aliphatic carbocycles. The number of thioether (sulfide) groups is 1. The van der Waals surface area contributed by atoms with Gasteiger partial charge >= 0.3 is 5.97 Å². The average molecular weight is 296 g/mol. The summed E-state index contributed by atoms with van der Waals surface area (Å²) < 4.78 is 18.0. The first-order valence-corrected chi connectivity index (χ1v) is 7.44. The molecule has 0 saturated carbocycles. The Balaban J connectivity index is 2.65. The van der Waals surface area contributed by atoms with Crippen LogP contribution in [0.2, 0.25) is 0 Å². The summed E-state index contributed by atoms with van der Waals surface area (Å²) >= 11 is 1.40. The van der Waals surface area contributed by atoms with Crippen LogP contribution in [0.15, 0.2) is 18.2 Å². The Morgan fingerprint density at radius 3 is 3.00 bits per heavy atom. The summed E-state index contributed by atoms with van der Waals surface area (Å²) in [5, 5.41) is 8.69. The fourth-order valence-electron chi connectivity index (χ4n) is 1.45. The van der Waals surface area contributed by atoms with Gasteiger partial charge in [-0.2, -0.15) is 0 Å². The number of benzene rings is 1. The lowest BCUT2D eigenvalue weighted by atomic mass is 10.1. The monoisotopic (exact) mass is 296 g/mol. The lowest BCUT2D eigenvalue weighted by Crippen LogP contribution is -2.06. The van der Waals surface area contributed by atoms with Crippen LogP contribution in [0.1, 0.15) is 24.5 Å². The maximum Gasteiger partial charge on any atom is 0.315 e. The second-order valence-corrected chi connectivity index (χ2v) is 4.86. The molecule has 108 valence electrons. The lowest BCUT2D eigenvalue weighted by Gasteiger charge is -2.05. The Bertz CT molecular complexity index is 506. The van der Waals surface area contributed by atoms with Crippen LogP contribution >= 0.6 is 11.8 Å². The normalized spacial score (nSPS) is 9.75. The minimum atomic E-state index is -0.350. The van der Waals surface area contributed by atoms with Crippen LogP contribution in [-0.4, -0.2) is 30.0 Å². The molecule has 0 unspecified atom stereocenters. The van der Waals surface area contributed by atoms with Crippen molar-refractivity contribution < 1.29 is 19.0 Å². The van der Waals surface area contributed by atoms with Crippen molar-refractivity contribution in [3.63, 3.8) is 0 Å². The first-order chi connectivity index (χ1) is 9.67. The van der Waals surface area contributed by atoms with Crippen LogP contribution in [0.4, 0.5) is 4.39 Å². The van der Waals surface area contributed by atoms with Crippen LogP contribution in [0.5, 0.6) is 0 Å². The molecule has 0 fully saturated rings. The Hall–Kier alpha value is -1.51. The Morgan fingerprint density at radius 2 is 2.30 bits per heavy atom. The van der Waals surface area contributed by atoms with Gasteiger partial charge in [-0.1, -0.05) is 17.9 Å². The molecule has 1 N–H and O–H groups in total. The highest BCUT2D eigenvalue weighted by atomic mass is 32.2. The minimum Gasteiger partial charge on any atom is -0.465 e. The van der Waals surface area contributed by atoms with Gasteiger partial charge in [-0.05, 0) is 24.6 Å². The van der Waals surface area contributed by atoms with Gasteiger partial charge in [0.25, 0.3) is 0 Å². The molecule has 0 spiro atoms. The Kier molecular flexibility index (Phi) is 7.78. The molecule has 1 aromatic carbocycles. The van der Waals surface area contributed by atoms with Gasteiger partial charge in [0.1, 0.15) is 5.82 Å². The zero-order chi connectivity index (χ0) is 14.8. The zero-order valence-electron chi connectivity index (χ0n) is 11.3. The average Bonchev–Trinajstić information content (AvgIpc) is 2.42. The number of rotatable bonds is 6. The van der Waals surface area contributed by atoms with Crippen molar-refractivity contribution in [3.8, 4) is 11.8 Å². The first kappa shape index (κ1) is 16.5. The van der Waals surface area contributed by atoms with Gasteiger partial charge in [0.05, 0.1) is 19.0 Å². The van der Waals surface area contributed by atoms with Crippen molar-refractivity contribution in [2.75, 3.05) is 19.0 Å². The Labute approximate surface area is 122 Å². The van der Waals surface area contributed by atoms with Gasteiger partial charge in [0, 0.05) is 17.7 Å². The third-order valence-corrected chi connectivity index (χ3v) is 3.27. The van der Waals surface area contributed by atoms with E-state index in [1.54, 1.807) is 13.0 Å². The summed E-state index contributed by atoms with van der Waals surface area (Å²) in [6, 6.07) is 4.40. The highest BCUT2D eigenvalue weighted by Gasteiger charge is 2.05. The van der Waals surface area contributed by atoms with Gasteiger partial charge in [0.15, 0.2) is 0 Å². The summed E-state index contributed by atoms with van der Waals surface area (Å²) in [7, 11) is 0. The lowest BCUT2D eigenvalue weighted by molar-refractivity contribution is -0.139. The molecule has 3 nitrogen and oxygen atoms in total. The Morgan fingerprint density at radius 1 is 1.50 bits per heavy atom. The number of aliphatic hydroxyl groups excluding tert-OH is 1. The summed E-state index contributed by atoms with van der Waals surface area (Å²) in [5.74, 6) is 5.82. The second kappa shape index (κ2) is 9.40. The summed E-state index contributed by atoms with van der Waals surface area (Å²) in [5.41, 5.74) is 1.46. The molecule has 20 heavy (non-hydrogen) atoms.